The Labute approximate surface area is 81.2 Å². The van der Waals surface area contributed by atoms with Gasteiger partial charge in [0.25, 0.3) is 0 Å². The fourth-order valence-electron chi connectivity index (χ4n) is 1.22. The van der Waals surface area contributed by atoms with Gasteiger partial charge < -0.3 is 9.52 Å². The van der Waals surface area contributed by atoms with E-state index in [1.54, 1.807) is 31.1 Å². The molecule has 14 heavy (non-hydrogen) atoms. The van der Waals surface area contributed by atoms with E-state index in [4.69, 9.17) is 4.42 Å². The van der Waals surface area contributed by atoms with Crippen molar-refractivity contribution in [2.45, 2.75) is 12.5 Å². The zero-order chi connectivity index (χ0) is 9.80. The zero-order valence-electron chi connectivity index (χ0n) is 7.50. The quantitative estimate of drug-likeness (QED) is 0.793. The second-order valence-electron chi connectivity index (χ2n) is 2.98. The van der Waals surface area contributed by atoms with Crippen molar-refractivity contribution in [2.75, 3.05) is 0 Å². The second-order valence-corrected chi connectivity index (χ2v) is 2.98. The van der Waals surface area contributed by atoms with Crippen molar-refractivity contribution >= 4 is 0 Å². The largest absolute Gasteiger partial charge is 0.472 e. The molecule has 0 aromatic carbocycles. The van der Waals surface area contributed by atoms with Gasteiger partial charge in [-0.3, -0.25) is 9.97 Å². The van der Waals surface area contributed by atoms with Crippen molar-refractivity contribution in [1.82, 2.24) is 9.97 Å². The molecule has 0 fully saturated rings. The predicted octanol–water partition coefficient (Wildman–Crippen LogP) is 1.35. The van der Waals surface area contributed by atoms with Crippen molar-refractivity contribution in [1.29, 1.82) is 0 Å². The molecule has 0 aliphatic rings. The highest BCUT2D eigenvalue weighted by atomic mass is 16.3. The summed E-state index contributed by atoms with van der Waals surface area (Å²) in [5.74, 6) is 0. The Bertz CT molecular complexity index is 372. The Morgan fingerprint density at radius 1 is 1.43 bits per heavy atom. The first kappa shape index (κ1) is 8.90. The van der Waals surface area contributed by atoms with Crippen LogP contribution in [0.2, 0.25) is 0 Å². The molecule has 4 heteroatoms. The minimum absolute atomic E-state index is 0.495. The van der Waals surface area contributed by atoms with E-state index in [1.807, 2.05) is 6.07 Å². The minimum atomic E-state index is -0.624. The lowest BCUT2D eigenvalue weighted by atomic mass is 10.1. The number of aromatic nitrogens is 2. The average molecular weight is 190 g/mol. The summed E-state index contributed by atoms with van der Waals surface area (Å²) in [6.45, 7) is 0. The number of hydrogen-bond acceptors (Lipinski definition) is 4. The topological polar surface area (TPSA) is 59.2 Å². The fraction of sp³-hybridized carbons (Fsp3) is 0.200. The maximum atomic E-state index is 9.75. The van der Waals surface area contributed by atoms with E-state index in [0.29, 0.717) is 12.1 Å². The third-order valence-electron chi connectivity index (χ3n) is 1.93. The first-order chi connectivity index (χ1) is 6.86. The number of furan rings is 1. The molecule has 2 heterocycles. The van der Waals surface area contributed by atoms with Gasteiger partial charge in [-0.2, -0.15) is 0 Å². The molecule has 1 N–H and O–H groups in total. The molecule has 2 aromatic heterocycles. The molecule has 2 rings (SSSR count). The third kappa shape index (κ3) is 1.97. The monoisotopic (exact) mass is 190 g/mol. The first-order valence-electron chi connectivity index (χ1n) is 4.31. The van der Waals surface area contributed by atoms with E-state index in [9.17, 15) is 5.11 Å². The Morgan fingerprint density at radius 3 is 3.00 bits per heavy atom. The SMILES string of the molecule is OC(Cc1ccoc1)c1cnccn1. The number of rotatable bonds is 3. The van der Waals surface area contributed by atoms with E-state index >= 15 is 0 Å². The van der Waals surface area contributed by atoms with Crippen molar-refractivity contribution in [2.24, 2.45) is 0 Å². The zero-order valence-corrected chi connectivity index (χ0v) is 7.50. The highest BCUT2D eigenvalue weighted by Gasteiger charge is 2.10. The Morgan fingerprint density at radius 2 is 2.36 bits per heavy atom. The summed E-state index contributed by atoms with van der Waals surface area (Å²) in [7, 11) is 0. The van der Waals surface area contributed by atoms with Crippen LogP contribution in [-0.2, 0) is 6.42 Å². The molecule has 0 spiro atoms. The van der Waals surface area contributed by atoms with Crippen LogP contribution in [0.3, 0.4) is 0 Å². The van der Waals surface area contributed by atoms with E-state index < -0.39 is 6.10 Å². The second kappa shape index (κ2) is 4.02. The summed E-state index contributed by atoms with van der Waals surface area (Å²) >= 11 is 0. The third-order valence-corrected chi connectivity index (χ3v) is 1.93. The summed E-state index contributed by atoms with van der Waals surface area (Å²) in [6.07, 6.45) is 7.77. The summed E-state index contributed by atoms with van der Waals surface area (Å²) < 4.78 is 4.90. The van der Waals surface area contributed by atoms with E-state index in [-0.39, 0.29) is 0 Å². The van der Waals surface area contributed by atoms with Crippen molar-refractivity contribution < 1.29 is 9.52 Å². The summed E-state index contributed by atoms with van der Waals surface area (Å²) in [5.41, 5.74) is 1.52. The van der Waals surface area contributed by atoms with Gasteiger partial charge in [0.1, 0.15) is 6.10 Å². The molecule has 2 aromatic rings. The van der Waals surface area contributed by atoms with Crippen LogP contribution in [0.5, 0.6) is 0 Å². The molecule has 0 saturated carbocycles. The molecule has 1 unspecified atom stereocenters. The van der Waals surface area contributed by atoms with Crippen molar-refractivity contribution in [3.8, 4) is 0 Å². The van der Waals surface area contributed by atoms with Crippen molar-refractivity contribution in [3.05, 3.63) is 48.4 Å². The molecule has 0 saturated heterocycles. The van der Waals surface area contributed by atoms with Crippen LogP contribution in [0.15, 0.2) is 41.6 Å². The lowest BCUT2D eigenvalue weighted by Gasteiger charge is -2.06. The Hall–Kier alpha value is -1.68. The lowest BCUT2D eigenvalue weighted by Crippen LogP contribution is -2.03. The van der Waals surface area contributed by atoms with E-state index in [1.165, 1.54) is 0 Å². The van der Waals surface area contributed by atoms with Crippen LogP contribution in [0.25, 0.3) is 0 Å². The number of aliphatic hydroxyl groups excluding tert-OH is 1. The smallest absolute Gasteiger partial charge is 0.102 e. The van der Waals surface area contributed by atoms with Gasteiger partial charge in [-0.15, -0.1) is 0 Å². The van der Waals surface area contributed by atoms with Gasteiger partial charge >= 0.3 is 0 Å². The Balaban J connectivity index is 2.07. The molecular weight excluding hydrogens is 180 g/mol. The molecule has 1 atom stereocenters. The summed E-state index contributed by atoms with van der Waals surface area (Å²) in [6, 6.07) is 1.82. The Kier molecular flexibility index (Phi) is 2.55. The number of nitrogens with zero attached hydrogens (tertiary/aromatic N) is 2. The number of hydrogen-bond donors (Lipinski definition) is 1. The molecular formula is C10H10N2O2. The summed E-state index contributed by atoms with van der Waals surface area (Å²) in [5, 5.41) is 9.75. The predicted molar refractivity (Wildman–Crippen MR) is 49.4 cm³/mol. The first-order valence-corrected chi connectivity index (χ1v) is 4.31. The van der Waals surface area contributed by atoms with Gasteiger partial charge in [-0.05, 0) is 11.6 Å². The molecule has 0 aliphatic carbocycles. The highest BCUT2D eigenvalue weighted by molar-refractivity contribution is 5.10. The standard InChI is InChI=1S/C10H10N2O2/c13-10(5-8-1-4-14-7-8)9-6-11-2-3-12-9/h1-4,6-7,10,13H,5H2. The molecule has 72 valence electrons. The molecule has 0 radical (unpaired) electrons. The molecule has 0 bridgehead atoms. The average Bonchev–Trinajstić information content (AvgIpc) is 2.72. The van der Waals surface area contributed by atoms with Crippen LogP contribution in [0, 0.1) is 0 Å². The van der Waals surface area contributed by atoms with Gasteiger partial charge in [0, 0.05) is 18.8 Å². The highest BCUT2D eigenvalue weighted by Crippen LogP contribution is 2.15. The van der Waals surface area contributed by atoms with Crippen molar-refractivity contribution in [3.63, 3.8) is 0 Å². The normalized spacial score (nSPS) is 12.6. The van der Waals surface area contributed by atoms with Crippen LogP contribution in [0.4, 0.5) is 0 Å². The molecule has 4 nitrogen and oxygen atoms in total. The van der Waals surface area contributed by atoms with Gasteiger partial charge in [0.15, 0.2) is 0 Å². The maximum Gasteiger partial charge on any atom is 0.102 e. The van der Waals surface area contributed by atoms with Crippen LogP contribution >= 0.6 is 0 Å². The lowest BCUT2D eigenvalue weighted by molar-refractivity contribution is 0.173. The van der Waals surface area contributed by atoms with Crippen LogP contribution in [-0.4, -0.2) is 15.1 Å². The van der Waals surface area contributed by atoms with Crippen LogP contribution in [0.1, 0.15) is 17.4 Å². The van der Waals surface area contributed by atoms with E-state index in [0.717, 1.165) is 5.56 Å². The number of aliphatic hydroxyl groups is 1. The van der Waals surface area contributed by atoms with Gasteiger partial charge in [-0.25, -0.2) is 0 Å². The van der Waals surface area contributed by atoms with Gasteiger partial charge in [0.2, 0.25) is 0 Å². The van der Waals surface area contributed by atoms with Gasteiger partial charge in [0.05, 0.1) is 24.4 Å². The summed E-state index contributed by atoms with van der Waals surface area (Å²) in [4.78, 5) is 7.91. The minimum Gasteiger partial charge on any atom is -0.472 e. The maximum absolute atomic E-state index is 9.75. The molecule has 0 amide bonds. The molecule has 0 aliphatic heterocycles. The van der Waals surface area contributed by atoms with Crippen LogP contribution < -0.4 is 0 Å². The van der Waals surface area contributed by atoms with E-state index in [2.05, 4.69) is 9.97 Å². The fourth-order valence-corrected chi connectivity index (χ4v) is 1.22. The van der Waals surface area contributed by atoms with Gasteiger partial charge in [-0.1, -0.05) is 0 Å².